The summed E-state index contributed by atoms with van der Waals surface area (Å²) in [6, 6.07) is 8.48. The number of benzene rings is 1. The molecule has 1 N–H and O–H groups in total. The quantitative estimate of drug-likeness (QED) is 0.214. The molecule has 0 saturated heterocycles. The SMILES string of the molecule is CCCCCCCCc1ccc(OC(=O)NCCC[Si](OCC)(OCC)OCC)cc1. The van der Waals surface area contributed by atoms with Gasteiger partial charge in [-0.15, -0.1) is 0 Å². The summed E-state index contributed by atoms with van der Waals surface area (Å²) in [5, 5.41) is 2.80. The predicted octanol–water partition coefficient (Wildman–Crippen LogP) is 6.12. The molecule has 0 heterocycles. The summed E-state index contributed by atoms with van der Waals surface area (Å²) in [5.41, 5.74) is 1.28. The summed E-state index contributed by atoms with van der Waals surface area (Å²) < 4.78 is 22.9. The molecule has 0 aliphatic rings. The Morgan fingerprint density at radius 3 is 1.97 bits per heavy atom. The van der Waals surface area contributed by atoms with Crippen molar-refractivity contribution in [3.8, 4) is 5.75 Å². The number of nitrogens with one attached hydrogen (secondary N) is 1. The van der Waals surface area contributed by atoms with Gasteiger partial charge in [0.2, 0.25) is 0 Å². The Morgan fingerprint density at radius 2 is 1.39 bits per heavy atom. The van der Waals surface area contributed by atoms with Crippen molar-refractivity contribution in [3.05, 3.63) is 29.8 Å². The fourth-order valence-corrected chi connectivity index (χ4v) is 6.09. The third-order valence-corrected chi connectivity index (χ3v) is 8.13. The summed E-state index contributed by atoms with van der Waals surface area (Å²) in [5.74, 6) is 0.561. The average molecular weight is 454 g/mol. The van der Waals surface area contributed by atoms with Gasteiger partial charge in [-0.05, 0) is 57.7 Å². The van der Waals surface area contributed by atoms with Gasteiger partial charge in [-0.1, -0.05) is 51.2 Å². The normalized spacial score (nSPS) is 11.5. The Balaban J connectivity index is 2.31. The highest BCUT2D eigenvalue weighted by Gasteiger charge is 2.39. The number of carbonyl (C=O) groups excluding carboxylic acids is 1. The average Bonchev–Trinajstić information content (AvgIpc) is 2.75. The lowest BCUT2D eigenvalue weighted by Crippen LogP contribution is -2.46. The van der Waals surface area contributed by atoms with Crippen LogP contribution in [0.2, 0.25) is 6.04 Å². The minimum Gasteiger partial charge on any atom is -0.410 e. The van der Waals surface area contributed by atoms with Crippen LogP contribution in [0.4, 0.5) is 4.79 Å². The van der Waals surface area contributed by atoms with Gasteiger partial charge in [-0.2, -0.15) is 0 Å². The van der Waals surface area contributed by atoms with Gasteiger partial charge in [0.15, 0.2) is 0 Å². The van der Waals surface area contributed by atoms with E-state index in [4.69, 9.17) is 18.0 Å². The van der Waals surface area contributed by atoms with Gasteiger partial charge in [0, 0.05) is 32.4 Å². The largest absolute Gasteiger partial charge is 0.500 e. The van der Waals surface area contributed by atoms with E-state index in [0.29, 0.717) is 44.6 Å². The van der Waals surface area contributed by atoms with E-state index in [1.54, 1.807) is 0 Å². The molecule has 31 heavy (non-hydrogen) atoms. The molecule has 1 rings (SSSR count). The maximum atomic E-state index is 12.1. The molecule has 7 heteroatoms. The molecule has 0 atom stereocenters. The van der Waals surface area contributed by atoms with Crippen LogP contribution in [0.3, 0.4) is 0 Å². The number of rotatable bonds is 18. The van der Waals surface area contributed by atoms with Crippen LogP contribution in [0.25, 0.3) is 0 Å². The molecule has 1 aromatic carbocycles. The number of unbranched alkanes of at least 4 members (excludes halogenated alkanes) is 5. The van der Waals surface area contributed by atoms with Crippen LogP contribution in [0.5, 0.6) is 5.75 Å². The van der Waals surface area contributed by atoms with Crippen LogP contribution in [0, 0.1) is 0 Å². The smallest absolute Gasteiger partial charge is 0.410 e. The molecule has 1 aromatic rings. The molecule has 0 aliphatic heterocycles. The number of amides is 1. The van der Waals surface area contributed by atoms with Crippen molar-refractivity contribution < 1.29 is 22.8 Å². The zero-order valence-corrected chi connectivity index (χ0v) is 21.0. The van der Waals surface area contributed by atoms with E-state index >= 15 is 0 Å². The molecule has 6 nitrogen and oxygen atoms in total. The van der Waals surface area contributed by atoms with Gasteiger partial charge in [0.1, 0.15) is 5.75 Å². The summed E-state index contributed by atoms with van der Waals surface area (Å²) in [6.45, 7) is 10.2. The first-order chi connectivity index (χ1) is 15.1. The highest BCUT2D eigenvalue weighted by atomic mass is 28.4. The molecule has 0 aliphatic carbocycles. The molecule has 0 saturated carbocycles. The lowest BCUT2D eigenvalue weighted by atomic mass is 10.1. The molecule has 0 radical (unpaired) electrons. The second kappa shape index (κ2) is 17.2. The lowest BCUT2D eigenvalue weighted by molar-refractivity contribution is 0.0708. The van der Waals surface area contributed by atoms with Crippen molar-refractivity contribution in [1.82, 2.24) is 5.32 Å². The first kappa shape index (κ1) is 27.6. The van der Waals surface area contributed by atoms with Gasteiger partial charge in [-0.3, -0.25) is 0 Å². The van der Waals surface area contributed by atoms with Gasteiger partial charge in [-0.25, -0.2) is 4.79 Å². The number of ether oxygens (including phenoxy) is 1. The molecule has 178 valence electrons. The van der Waals surface area contributed by atoms with Crippen LogP contribution in [-0.2, 0) is 19.7 Å². The van der Waals surface area contributed by atoms with E-state index in [2.05, 4.69) is 12.2 Å². The molecule has 0 fully saturated rings. The van der Waals surface area contributed by atoms with E-state index in [1.165, 1.54) is 44.1 Å². The summed E-state index contributed by atoms with van der Waals surface area (Å²) in [7, 11) is -2.66. The zero-order chi connectivity index (χ0) is 22.8. The van der Waals surface area contributed by atoms with Crippen molar-refractivity contribution in [2.75, 3.05) is 26.4 Å². The van der Waals surface area contributed by atoms with Gasteiger partial charge in [0.25, 0.3) is 0 Å². The Bertz CT molecular complexity index is 565. The minimum atomic E-state index is -2.66. The maximum absolute atomic E-state index is 12.1. The van der Waals surface area contributed by atoms with Gasteiger partial charge >= 0.3 is 14.9 Å². The topological polar surface area (TPSA) is 66.0 Å². The van der Waals surface area contributed by atoms with Crippen LogP contribution < -0.4 is 10.1 Å². The van der Waals surface area contributed by atoms with E-state index < -0.39 is 14.9 Å². The Labute approximate surface area is 190 Å². The van der Waals surface area contributed by atoms with Gasteiger partial charge in [0.05, 0.1) is 0 Å². The molecule has 0 spiro atoms. The fourth-order valence-electron chi connectivity index (χ4n) is 3.47. The van der Waals surface area contributed by atoms with Crippen LogP contribution in [-0.4, -0.2) is 41.3 Å². The molecular formula is C24H43NO5Si. The van der Waals surface area contributed by atoms with Crippen LogP contribution in [0.15, 0.2) is 24.3 Å². The first-order valence-electron chi connectivity index (χ1n) is 12.1. The Morgan fingerprint density at radius 1 is 0.806 bits per heavy atom. The zero-order valence-electron chi connectivity index (χ0n) is 20.0. The van der Waals surface area contributed by atoms with Crippen molar-refractivity contribution in [1.29, 1.82) is 0 Å². The first-order valence-corrected chi connectivity index (χ1v) is 14.0. The predicted molar refractivity (Wildman–Crippen MR) is 128 cm³/mol. The third kappa shape index (κ3) is 12.3. The molecule has 0 aromatic heterocycles. The van der Waals surface area contributed by atoms with Crippen LogP contribution in [0.1, 0.15) is 78.2 Å². The van der Waals surface area contributed by atoms with Crippen molar-refractivity contribution >= 4 is 14.9 Å². The molecule has 0 bridgehead atoms. The second-order valence-electron chi connectivity index (χ2n) is 7.56. The van der Waals surface area contributed by atoms with E-state index in [-0.39, 0.29) is 0 Å². The number of hydrogen-bond acceptors (Lipinski definition) is 5. The highest BCUT2D eigenvalue weighted by Crippen LogP contribution is 2.18. The summed E-state index contributed by atoms with van der Waals surface area (Å²) >= 11 is 0. The standard InChI is InChI=1S/C24H43NO5Si/c1-5-9-10-11-12-13-15-22-16-18-23(19-17-22)30-24(26)25-20-14-21-31(27-6-2,28-7-3)29-8-4/h16-19H,5-15,20-21H2,1-4H3,(H,25,26). The monoisotopic (exact) mass is 453 g/mol. The van der Waals surface area contributed by atoms with E-state index in [9.17, 15) is 4.79 Å². The fraction of sp³-hybridized carbons (Fsp3) is 0.708. The number of carbonyl (C=O) groups is 1. The van der Waals surface area contributed by atoms with E-state index in [1.807, 2.05) is 45.0 Å². The second-order valence-corrected chi connectivity index (χ2v) is 10.3. The Hall–Kier alpha value is -1.41. The lowest BCUT2D eigenvalue weighted by Gasteiger charge is -2.28. The van der Waals surface area contributed by atoms with Crippen molar-refractivity contribution in [2.24, 2.45) is 0 Å². The van der Waals surface area contributed by atoms with Gasteiger partial charge < -0.3 is 23.3 Å². The molecule has 0 unspecified atom stereocenters. The number of aryl methyl sites for hydroxylation is 1. The van der Waals surface area contributed by atoms with E-state index in [0.717, 1.165) is 6.42 Å². The Kier molecular flexibility index (Phi) is 15.3. The highest BCUT2D eigenvalue weighted by molar-refractivity contribution is 6.60. The summed E-state index contributed by atoms with van der Waals surface area (Å²) in [4.78, 5) is 12.1. The minimum absolute atomic E-state index is 0.444. The number of hydrogen-bond donors (Lipinski definition) is 1. The van der Waals surface area contributed by atoms with Crippen molar-refractivity contribution in [3.63, 3.8) is 0 Å². The maximum Gasteiger partial charge on any atom is 0.500 e. The summed E-state index contributed by atoms with van der Waals surface area (Å²) in [6.07, 6.45) is 9.10. The molecular weight excluding hydrogens is 410 g/mol. The van der Waals surface area contributed by atoms with Crippen molar-refractivity contribution in [2.45, 2.75) is 85.1 Å². The van der Waals surface area contributed by atoms with Crippen LogP contribution >= 0.6 is 0 Å². The third-order valence-electron chi connectivity index (χ3n) is 4.97. The molecule has 1 amide bonds.